The van der Waals surface area contributed by atoms with E-state index in [0.29, 0.717) is 0 Å². The fourth-order valence-corrected chi connectivity index (χ4v) is 1.23. The second-order valence-corrected chi connectivity index (χ2v) is 3.46. The van der Waals surface area contributed by atoms with Crippen molar-refractivity contribution in [3.05, 3.63) is 0 Å². The molecule has 0 aromatic rings. The zero-order valence-electron chi connectivity index (χ0n) is 8.03. The molecule has 0 heterocycles. The molecule has 0 aliphatic rings. The van der Waals surface area contributed by atoms with Gasteiger partial charge in [0.25, 0.3) is 0 Å². The van der Waals surface area contributed by atoms with Crippen LogP contribution in [0.4, 0.5) is 0 Å². The fourth-order valence-electron chi connectivity index (χ4n) is 1.23. The molecule has 11 heavy (non-hydrogen) atoms. The van der Waals surface area contributed by atoms with Crippen molar-refractivity contribution >= 4 is 0 Å². The average Bonchev–Trinajstić information content (AvgIpc) is 1.96. The highest BCUT2D eigenvalue weighted by Gasteiger charge is 1.94. The SMILES string of the molecule is CCCCCCCCC(C)[NH]. The Bertz CT molecular complexity index is 69.3. The Kier molecular flexibility index (Phi) is 8.03. The van der Waals surface area contributed by atoms with Gasteiger partial charge in [0, 0.05) is 6.04 Å². The fraction of sp³-hybridized carbons (Fsp3) is 1.00. The monoisotopic (exact) mass is 156 g/mol. The summed E-state index contributed by atoms with van der Waals surface area (Å²) in [6.07, 6.45) is 9.17. The van der Waals surface area contributed by atoms with Crippen molar-refractivity contribution in [1.82, 2.24) is 5.73 Å². The third-order valence-corrected chi connectivity index (χ3v) is 1.99. The largest absolute Gasteiger partial charge is 0.255 e. The van der Waals surface area contributed by atoms with Crippen LogP contribution < -0.4 is 5.73 Å². The van der Waals surface area contributed by atoms with Crippen LogP contribution in [0.1, 0.15) is 58.8 Å². The van der Waals surface area contributed by atoms with Gasteiger partial charge in [-0.15, -0.1) is 0 Å². The molecule has 0 aliphatic carbocycles. The molecule has 67 valence electrons. The highest BCUT2D eigenvalue weighted by Crippen LogP contribution is 2.07. The molecule has 0 aromatic carbocycles. The van der Waals surface area contributed by atoms with Crippen LogP contribution in [0.2, 0.25) is 0 Å². The topological polar surface area (TPSA) is 23.8 Å². The first-order chi connectivity index (χ1) is 5.27. The van der Waals surface area contributed by atoms with E-state index >= 15 is 0 Å². The summed E-state index contributed by atoms with van der Waals surface area (Å²) < 4.78 is 0. The summed E-state index contributed by atoms with van der Waals surface area (Å²) >= 11 is 0. The van der Waals surface area contributed by atoms with Crippen LogP contribution >= 0.6 is 0 Å². The normalized spacial score (nSPS) is 13.4. The van der Waals surface area contributed by atoms with Crippen LogP contribution in [0.25, 0.3) is 0 Å². The van der Waals surface area contributed by atoms with Crippen molar-refractivity contribution in [1.29, 1.82) is 0 Å². The first-order valence-electron chi connectivity index (χ1n) is 4.98. The number of nitrogens with one attached hydrogen (secondary N) is 1. The van der Waals surface area contributed by atoms with E-state index in [1.54, 1.807) is 0 Å². The molecule has 1 N–H and O–H groups in total. The zero-order valence-corrected chi connectivity index (χ0v) is 8.03. The molecule has 1 radical (unpaired) electrons. The van der Waals surface area contributed by atoms with Crippen molar-refractivity contribution < 1.29 is 0 Å². The summed E-state index contributed by atoms with van der Waals surface area (Å²) in [6, 6.07) is 0.154. The van der Waals surface area contributed by atoms with Crippen LogP contribution in [0.5, 0.6) is 0 Å². The molecule has 0 fully saturated rings. The maximum Gasteiger partial charge on any atom is 0.0184 e. The van der Waals surface area contributed by atoms with Crippen molar-refractivity contribution in [2.45, 2.75) is 64.8 Å². The lowest BCUT2D eigenvalue weighted by atomic mass is 10.1. The van der Waals surface area contributed by atoms with E-state index < -0.39 is 0 Å². The smallest absolute Gasteiger partial charge is 0.0184 e. The van der Waals surface area contributed by atoms with E-state index in [4.69, 9.17) is 5.73 Å². The first-order valence-corrected chi connectivity index (χ1v) is 4.98. The van der Waals surface area contributed by atoms with Gasteiger partial charge in [-0.05, 0) is 13.3 Å². The van der Waals surface area contributed by atoms with Gasteiger partial charge < -0.3 is 0 Å². The van der Waals surface area contributed by atoms with Gasteiger partial charge in [0.05, 0.1) is 0 Å². The predicted octanol–water partition coefficient (Wildman–Crippen LogP) is 3.41. The Labute approximate surface area is 71.4 Å². The van der Waals surface area contributed by atoms with Crippen LogP contribution in [-0.2, 0) is 0 Å². The molecule has 0 aliphatic heterocycles. The summed E-state index contributed by atoms with van der Waals surface area (Å²) in [6.45, 7) is 4.22. The zero-order chi connectivity index (χ0) is 8.53. The van der Waals surface area contributed by atoms with Crippen molar-refractivity contribution in [2.24, 2.45) is 0 Å². The van der Waals surface area contributed by atoms with Gasteiger partial charge in [0.15, 0.2) is 0 Å². The number of hydrogen-bond acceptors (Lipinski definition) is 0. The highest BCUT2D eigenvalue weighted by molar-refractivity contribution is 4.52. The molecule has 0 spiro atoms. The van der Waals surface area contributed by atoms with Crippen LogP contribution in [0.15, 0.2) is 0 Å². The summed E-state index contributed by atoms with van der Waals surface area (Å²) in [5.41, 5.74) is 7.29. The lowest BCUT2D eigenvalue weighted by molar-refractivity contribution is 0.547. The lowest BCUT2D eigenvalue weighted by Gasteiger charge is -2.02. The third-order valence-electron chi connectivity index (χ3n) is 1.99. The van der Waals surface area contributed by atoms with E-state index in [2.05, 4.69) is 6.92 Å². The van der Waals surface area contributed by atoms with Gasteiger partial charge >= 0.3 is 0 Å². The average molecular weight is 156 g/mol. The van der Waals surface area contributed by atoms with E-state index in [9.17, 15) is 0 Å². The van der Waals surface area contributed by atoms with Gasteiger partial charge in [0.1, 0.15) is 0 Å². The van der Waals surface area contributed by atoms with Crippen molar-refractivity contribution in [3.63, 3.8) is 0 Å². The Morgan fingerprint density at radius 3 is 2.09 bits per heavy atom. The molecular weight excluding hydrogens is 134 g/mol. The van der Waals surface area contributed by atoms with Crippen LogP contribution in [0.3, 0.4) is 0 Å². The minimum atomic E-state index is 0.154. The predicted molar refractivity (Wildman–Crippen MR) is 50.6 cm³/mol. The maximum absolute atomic E-state index is 7.29. The van der Waals surface area contributed by atoms with Crippen LogP contribution in [-0.4, -0.2) is 6.04 Å². The van der Waals surface area contributed by atoms with Gasteiger partial charge in [0.2, 0.25) is 0 Å². The third kappa shape index (κ3) is 9.96. The van der Waals surface area contributed by atoms with E-state index in [1.807, 2.05) is 6.92 Å². The molecule has 1 atom stereocenters. The minimum Gasteiger partial charge on any atom is -0.255 e. The second kappa shape index (κ2) is 8.06. The number of rotatable bonds is 7. The summed E-state index contributed by atoms with van der Waals surface area (Å²) in [7, 11) is 0. The second-order valence-electron chi connectivity index (χ2n) is 3.46. The molecule has 1 nitrogen and oxygen atoms in total. The van der Waals surface area contributed by atoms with Gasteiger partial charge in [-0.3, -0.25) is 5.73 Å². The van der Waals surface area contributed by atoms with E-state index in [0.717, 1.165) is 6.42 Å². The minimum absolute atomic E-state index is 0.154. The van der Waals surface area contributed by atoms with E-state index in [-0.39, 0.29) is 6.04 Å². The molecule has 1 unspecified atom stereocenters. The Balaban J connectivity index is 2.80. The van der Waals surface area contributed by atoms with Crippen molar-refractivity contribution in [2.75, 3.05) is 0 Å². The lowest BCUT2D eigenvalue weighted by Crippen LogP contribution is -2.00. The number of unbranched alkanes of at least 4 members (excludes halogenated alkanes) is 5. The maximum atomic E-state index is 7.29. The summed E-state index contributed by atoms with van der Waals surface area (Å²) in [5, 5.41) is 0. The van der Waals surface area contributed by atoms with Crippen molar-refractivity contribution in [3.8, 4) is 0 Å². The molecular formula is C10H22N. The van der Waals surface area contributed by atoms with E-state index in [1.165, 1.54) is 38.5 Å². The van der Waals surface area contributed by atoms with Gasteiger partial charge in [-0.2, -0.15) is 0 Å². The standard InChI is InChI=1S/C10H22N/c1-3-4-5-6-7-8-9-10(2)11/h10-11H,3-9H2,1-2H3. The summed E-state index contributed by atoms with van der Waals surface area (Å²) in [5.74, 6) is 0. The molecule has 0 bridgehead atoms. The Morgan fingerprint density at radius 1 is 1.00 bits per heavy atom. The Hall–Kier alpha value is -0.0400. The molecule has 0 rings (SSSR count). The quantitative estimate of drug-likeness (QED) is 0.504. The molecule has 0 amide bonds. The Morgan fingerprint density at radius 2 is 1.55 bits per heavy atom. The van der Waals surface area contributed by atoms with Crippen LogP contribution in [0, 0.1) is 0 Å². The molecule has 0 saturated heterocycles. The first kappa shape index (κ1) is 11.0. The van der Waals surface area contributed by atoms with Gasteiger partial charge in [-0.25, -0.2) is 0 Å². The molecule has 0 aromatic heterocycles. The van der Waals surface area contributed by atoms with Gasteiger partial charge in [-0.1, -0.05) is 45.4 Å². The highest BCUT2D eigenvalue weighted by atomic mass is 14.6. The summed E-state index contributed by atoms with van der Waals surface area (Å²) in [4.78, 5) is 0. The number of hydrogen-bond donors (Lipinski definition) is 0. The molecule has 1 heteroatoms. The molecule has 0 saturated carbocycles.